The van der Waals surface area contributed by atoms with E-state index in [1.54, 1.807) is 0 Å². The zero-order chi connectivity index (χ0) is 26.4. The van der Waals surface area contributed by atoms with Gasteiger partial charge in [0.15, 0.2) is 0 Å². The fraction of sp³-hybridized carbons (Fsp3) is 0.0541. The topological polar surface area (TPSA) is 17.8 Å². The van der Waals surface area contributed by atoms with Gasteiger partial charge in [-0.2, -0.15) is 0 Å². The number of pyridine rings is 1. The van der Waals surface area contributed by atoms with Crippen LogP contribution >= 0.6 is 0 Å². The molecule has 0 atom stereocenters. The van der Waals surface area contributed by atoms with Gasteiger partial charge in [0, 0.05) is 27.9 Å². The maximum atomic E-state index is 5.03. The first kappa shape index (κ1) is 24.4. The standard InChI is InChI=1S/C37H30N2/c1-2-3-4-11-19-34-25-31-18-12-13-20-37(31)39(34)33-23-21-28(22-24-33)32-26-35(29-14-7-5-8-15-29)38-36(27-32)30-16-9-6-10-17-30/h3-27H,2H2,1H3/b4-3-,19-11-. The van der Waals surface area contributed by atoms with Crippen LogP contribution in [-0.2, 0) is 0 Å². The molecule has 0 aliphatic carbocycles. The van der Waals surface area contributed by atoms with Crippen LogP contribution in [0.3, 0.4) is 0 Å². The van der Waals surface area contributed by atoms with Gasteiger partial charge in [-0.05, 0) is 60.0 Å². The van der Waals surface area contributed by atoms with E-state index in [1.165, 1.54) is 10.9 Å². The molecule has 0 saturated carbocycles. The molecule has 39 heavy (non-hydrogen) atoms. The Hall–Kier alpha value is -4.95. The highest BCUT2D eigenvalue weighted by molar-refractivity contribution is 5.86. The lowest BCUT2D eigenvalue weighted by Gasteiger charge is -2.12. The predicted octanol–water partition coefficient (Wildman–Crippen LogP) is 10.0. The summed E-state index contributed by atoms with van der Waals surface area (Å²) in [5.74, 6) is 0. The van der Waals surface area contributed by atoms with E-state index in [-0.39, 0.29) is 0 Å². The second-order valence-electron chi connectivity index (χ2n) is 9.56. The lowest BCUT2D eigenvalue weighted by molar-refractivity contribution is 1.11. The van der Waals surface area contributed by atoms with E-state index in [0.717, 1.165) is 51.4 Å². The number of aromatic nitrogens is 2. The van der Waals surface area contributed by atoms with Crippen molar-refractivity contribution < 1.29 is 0 Å². The summed E-state index contributed by atoms with van der Waals surface area (Å²) in [7, 11) is 0. The summed E-state index contributed by atoms with van der Waals surface area (Å²) >= 11 is 0. The zero-order valence-corrected chi connectivity index (χ0v) is 22.0. The Bertz CT molecular complexity index is 1700. The highest BCUT2D eigenvalue weighted by atomic mass is 15.0. The van der Waals surface area contributed by atoms with Gasteiger partial charge in [-0.25, -0.2) is 4.98 Å². The van der Waals surface area contributed by atoms with Crippen LogP contribution in [0.5, 0.6) is 0 Å². The van der Waals surface area contributed by atoms with E-state index in [1.807, 2.05) is 12.1 Å². The molecule has 0 aliphatic heterocycles. The van der Waals surface area contributed by atoms with Crippen molar-refractivity contribution in [2.45, 2.75) is 13.3 Å². The molecule has 4 aromatic carbocycles. The smallest absolute Gasteiger partial charge is 0.0715 e. The highest BCUT2D eigenvalue weighted by Crippen LogP contribution is 2.32. The van der Waals surface area contributed by atoms with Gasteiger partial charge in [0.25, 0.3) is 0 Å². The van der Waals surface area contributed by atoms with Crippen molar-refractivity contribution in [3.05, 3.63) is 151 Å². The lowest BCUT2D eigenvalue weighted by atomic mass is 10.00. The summed E-state index contributed by atoms with van der Waals surface area (Å²) in [4.78, 5) is 5.03. The summed E-state index contributed by atoms with van der Waals surface area (Å²) < 4.78 is 2.33. The predicted molar refractivity (Wildman–Crippen MR) is 166 cm³/mol. The van der Waals surface area contributed by atoms with Gasteiger partial charge in [-0.15, -0.1) is 0 Å². The van der Waals surface area contributed by atoms with Crippen molar-refractivity contribution in [1.82, 2.24) is 9.55 Å². The Balaban J connectivity index is 1.43. The Morgan fingerprint density at radius 1 is 0.590 bits per heavy atom. The molecule has 0 radical (unpaired) electrons. The van der Waals surface area contributed by atoms with Crippen LogP contribution in [0.2, 0.25) is 0 Å². The molecule has 6 aromatic rings. The zero-order valence-electron chi connectivity index (χ0n) is 22.0. The van der Waals surface area contributed by atoms with E-state index in [4.69, 9.17) is 4.98 Å². The fourth-order valence-corrected chi connectivity index (χ4v) is 4.97. The number of para-hydroxylation sites is 1. The summed E-state index contributed by atoms with van der Waals surface area (Å²) in [6.45, 7) is 2.15. The Morgan fingerprint density at radius 2 is 1.21 bits per heavy atom. The molecule has 0 bridgehead atoms. The van der Waals surface area contributed by atoms with Crippen LogP contribution in [0, 0.1) is 0 Å². The number of hydrogen-bond donors (Lipinski definition) is 0. The van der Waals surface area contributed by atoms with Crippen LogP contribution < -0.4 is 0 Å². The molecule has 0 amide bonds. The molecule has 0 saturated heterocycles. The van der Waals surface area contributed by atoms with Crippen molar-refractivity contribution in [2.24, 2.45) is 0 Å². The fourth-order valence-electron chi connectivity index (χ4n) is 4.97. The Morgan fingerprint density at radius 3 is 1.85 bits per heavy atom. The van der Waals surface area contributed by atoms with E-state index in [0.29, 0.717) is 0 Å². The molecular weight excluding hydrogens is 472 g/mol. The molecule has 6 rings (SSSR count). The third-order valence-corrected chi connectivity index (χ3v) is 6.91. The van der Waals surface area contributed by atoms with Gasteiger partial charge >= 0.3 is 0 Å². The van der Waals surface area contributed by atoms with Crippen molar-refractivity contribution in [3.8, 4) is 39.3 Å². The molecular formula is C37H30N2. The molecule has 0 spiro atoms. The molecule has 0 aliphatic rings. The maximum absolute atomic E-state index is 5.03. The monoisotopic (exact) mass is 502 g/mol. The molecule has 0 unspecified atom stereocenters. The number of hydrogen-bond acceptors (Lipinski definition) is 1. The normalized spacial score (nSPS) is 11.6. The lowest BCUT2D eigenvalue weighted by Crippen LogP contribution is -1.96. The molecule has 188 valence electrons. The second kappa shape index (κ2) is 11.2. The number of allylic oxidation sites excluding steroid dienone is 3. The van der Waals surface area contributed by atoms with E-state index >= 15 is 0 Å². The second-order valence-corrected chi connectivity index (χ2v) is 9.56. The Labute approximate surface area is 230 Å². The van der Waals surface area contributed by atoms with Crippen LogP contribution in [0.4, 0.5) is 0 Å². The quantitative estimate of drug-likeness (QED) is 0.199. The summed E-state index contributed by atoms with van der Waals surface area (Å²) in [5, 5.41) is 1.23. The first-order valence-corrected chi connectivity index (χ1v) is 13.5. The SMILES string of the molecule is CC/C=C\C=C/c1cc2ccccc2n1-c1ccc(-c2cc(-c3ccccc3)nc(-c3ccccc3)c2)cc1. The van der Waals surface area contributed by atoms with Crippen molar-refractivity contribution in [1.29, 1.82) is 0 Å². The van der Waals surface area contributed by atoms with Gasteiger partial charge in [0.1, 0.15) is 0 Å². The number of benzene rings is 4. The minimum absolute atomic E-state index is 0.972. The maximum Gasteiger partial charge on any atom is 0.0715 e. The Kier molecular flexibility index (Phi) is 7.01. The van der Waals surface area contributed by atoms with Gasteiger partial charge < -0.3 is 4.57 Å². The number of rotatable bonds is 7. The first-order chi connectivity index (χ1) is 19.3. The highest BCUT2D eigenvalue weighted by Gasteiger charge is 2.11. The van der Waals surface area contributed by atoms with Crippen molar-refractivity contribution in [3.63, 3.8) is 0 Å². The third kappa shape index (κ3) is 5.23. The van der Waals surface area contributed by atoms with E-state index in [9.17, 15) is 0 Å². The van der Waals surface area contributed by atoms with Crippen LogP contribution in [-0.4, -0.2) is 9.55 Å². The van der Waals surface area contributed by atoms with Gasteiger partial charge in [-0.3, -0.25) is 0 Å². The number of nitrogens with zero attached hydrogens (tertiary/aromatic N) is 2. The largest absolute Gasteiger partial charge is 0.310 e. The molecule has 2 heterocycles. The summed E-state index contributed by atoms with van der Waals surface area (Å²) in [6, 6.07) is 44.8. The van der Waals surface area contributed by atoms with E-state index < -0.39 is 0 Å². The van der Waals surface area contributed by atoms with Crippen LogP contribution in [0.15, 0.2) is 146 Å². The molecule has 0 N–H and O–H groups in total. The van der Waals surface area contributed by atoms with Crippen LogP contribution in [0.1, 0.15) is 19.0 Å². The molecule has 2 heteroatoms. The minimum Gasteiger partial charge on any atom is -0.310 e. The van der Waals surface area contributed by atoms with Gasteiger partial charge in [-0.1, -0.05) is 116 Å². The average Bonchev–Trinajstić information content (AvgIpc) is 3.38. The molecule has 2 nitrogen and oxygen atoms in total. The van der Waals surface area contributed by atoms with Crippen molar-refractivity contribution >= 4 is 17.0 Å². The average molecular weight is 503 g/mol. The van der Waals surface area contributed by atoms with Crippen LogP contribution in [0.25, 0.3) is 56.3 Å². The van der Waals surface area contributed by atoms with Crippen molar-refractivity contribution in [2.75, 3.05) is 0 Å². The van der Waals surface area contributed by atoms with Gasteiger partial charge in [0.05, 0.1) is 16.9 Å². The summed E-state index contributed by atoms with van der Waals surface area (Å²) in [5.41, 5.74) is 9.98. The number of fused-ring (bicyclic) bond motifs is 1. The van der Waals surface area contributed by atoms with Gasteiger partial charge in [0.2, 0.25) is 0 Å². The molecule has 0 fully saturated rings. The minimum atomic E-state index is 0.972. The summed E-state index contributed by atoms with van der Waals surface area (Å²) in [6.07, 6.45) is 9.61. The third-order valence-electron chi connectivity index (χ3n) is 6.91. The first-order valence-electron chi connectivity index (χ1n) is 13.5. The van der Waals surface area contributed by atoms with E-state index in [2.05, 4.69) is 151 Å². The molecule has 2 aromatic heterocycles.